The molecule has 0 atom stereocenters. The number of rotatable bonds is 6. The van der Waals surface area contributed by atoms with Gasteiger partial charge in [0.05, 0.1) is 10.2 Å². The molecule has 2 aromatic carbocycles. The van der Waals surface area contributed by atoms with E-state index >= 15 is 0 Å². The third kappa shape index (κ3) is 4.87. The molecule has 0 unspecified atom stereocenters. The number of anilines is 1. The van der Waals surface area contributed by atoms with E-state index in [0.717, 1.165) is 28.7 Å². The van der Waals surface area contributed by atoms with Gasteiger partial charge in [0, 0.05) is 12.1 Å². The molecule has 0 fully saturated rings. The highest BCUT2D eigenvalue weighted by Gasteiger charge is 2.22. The topological polar surface area (TPSA) is 36.4 Å². The molecule has 0 bridgehead atoms. The standard InChI is InChI=1S/C21H24FN3OS.ClH/c1-14-9-10-18-19(15(14)2)23-21(27-18)25(12-6-11-24(3)4)20(26)16-7-5-8-17(22)13-16;/h5,7-10,13H,6,11-12H2,1-4H3;1H. The van der Waals surface area contributed by atoms with Gasteiger partial charge in [-0.3, -0.25) is 9.69 Å². The van der Waals surface area contributed by atoms with Gasteiger partial charge in [-0.2, -0.15) is 0 Å². The summed E-state index contributed by atoms with van der Waals surface area (Å²) in [4.78, 5) is 21.6. The number of hydrogen-bond acceptors (Lipinski definition) is 4. The number of halogens is 2. The number of aromatic nitrogens is 1. The molecule has 0 aliphatic rings. The lowest BCUT2D eigenvalue weighted by atomic mass is 10.1. The predicted octanol–water partition coefficient (Wildman–Crippen LogP) is 5.07. The zero-order valence-electron chi connectivity index (χ0n) is 16.5. The van der Waals surface area contributed by atoms with Crippen molar-refractivity contribution in [3.63, 3.8) is 0 Å². The second-order valence-electron chi connectivity index (χ2n) is 6.97. The van der Waals surface area contributed by atoms with Gasteiger partial charge in [0.25, 0.3) is 5.91 Å². The van der Waals surface area contributed by atoms with Crippen molar-refractivity contribution in [1.29, 1.82) is 0 Å². The molecule has 1 aromatic heterocycles. The molecule has 0 radical (unpaired) electrons. The van der Waals surface area contributed by atoms with Gasteiger partial charge in [-0.25, -0.2) is 9.37 Å². The van der Waals surface area contributed by atoms with Crippen LogP contribution < -0.4 is 4.90 Å². The SMILES string of the molecule is Cc1ccc2sc(N(CCCN(C)C)C(=O)c3cccc(F)c3)nc2c1C.Cl. The molecule has 0 aliphatic carbocycles. The Bertz CT molecular complexity index is 973. The van der Waals surface area contributed by atoms with Gasteiger partial charge < -0.3 is 4.90 Å². The molecule has 0 N–H and O–H groups in total. The van der Waals surface area contributed by atoms with E-state index in [9.17, 15) is 9.18 Å². The van der Waals surface area contributed by atoms with Crippen molar-refractivity contribution < 1.29 is 9.18 Å². The van der Waals surface area contributed by atoms with Crippen molar-refractivity contribution in [2.75, 3.05) is 32.1 Å². The number of hydrogen-bond donors (Lipinski definition) is 0. The number of benzene rings is 2. The zero-order valence-corrected chi connectivity index (χ0v) is 18.2. The lowest BCUT2D eigenvalue weighted by Crippen LogP contribution is -2.33. The maximum atomic E-state index is 13.6. The summed E-state index contributed by atoms with van der Waals surface area (Å²) in [6.45, 7) is 5.49. The molecular formula is C21H25ClFN3OS. The number of carbonyl (C=O) groups excluding carboxylic acids is 1. The van der Waals surface area contributed by atoms with Crippen LogP contribution in [0.25, 0.3) is 10.2 Å². The van der Waals surface area contributed by atoms with E-state index in [0.29, 0.717) is 17.2 Å². The summed E-state index contributed by atoms with van der Waals surface area (Å²) < 4.78 is 14.7. The lowest BCUT2D eigenvalue weighted by Gasteiger charge is -2.21. The van der Waals surface area contributed by atoms with Crippen molar-refractivity contribution in [2.45, 2.75) is 20.3 Å². The Kier molecular flexibility index (Phi) is 7.52. The van der Waals surface area contributed by atoms with E-state index in [1.165, 1.54) is 29.0 Å². The van der Waals surface area contributed by atoms with Crippen LogP contribution in [0.1, 0.15) is 27.9 Å². The summed E-state index contributed by atoms with van der Waals surface area (Å²) in [6, 6.07) is 9.95. The van der Waals surface area contributed by atoms with Crippen LogP contribution in [0.4, 0.5) is 9.52 Å². The second-order valence-corrected chi connectivity index (χ2v) is 7.98. The average Bonchev–Trinajstić information content (AvgIpc) is 3.06. The smallest absolute Gasteiger partial charge is 0.260 e. The summed E-state index contributed by atoms with van der Waals surface area (Å²) in [5.41, 5.74) is 3.57. The van der Waals surface area contributed by atoms with Gasteiger partial charge >= 0.3 is 0 Å². The van der Waals surface area contributed by atoms with Crippen LogP contribution in [0.3, 0.4) is 0 Å². The first kappa shape index (κ1) is 22.3. The maximum absolute atomic E-state index is 13.6. The van der Waals surface area contributed by atoms with Gasteiger partial charge in [-0.15, -0.1) is 12.4 Å². The highest BCUT2D eigenvalue weighted by molar-refractivity contribution is 7.22. The largest absolute Gasteiger partial charge is 0.309 e. The van der Waals surface area contributed by atoms with E-state index in [2.05, 4.69) is 17.9 Å². The fraction of sp³-hybridized carbons (Fsp3) is 0.333. The molecule has 3 aromatic rings. The maximum Gasteiger partial charge on any atom is 0.260 e. The van der Waals surface area contributed by atoms with Crippen molar-refractivity contribution in [1.82, 2.24) is 9.88 Å². The Balaban J connectivity index is 0.00000280. The third-order valence-electron chi connectivity index (χ3n) is 4.61. The van der Waals surface area contributed by atoms with Crippen LogP contribution in [0, 0.1) is 19.7 Å². The summed E-state index contributed by atoms with van der Waals surface area (Å²) in [5, 5.41) is 0.659. The first-order chi connectivity index (χ1) is 12.9. The lowest BCUT2D eigenvalue weighted by molar-refractivity contribution is 0.0985. The second kappa shape index (κ2) is 9.45. The minimum absolute atomic E-state index is 0. The Hall–Kier alpha value is -2.02. The van der Waals surface area contributed by atoms with Gasteiger partial charge in [0.2, 0.25) is 0 Å². The van der Waals surface area contributed by atoms with E-state index in [1.54, 1.807) is 17.0 Å². The quantitative estimate of drug-likeness (QED) is 0.557. The average molecular weight is 422 g/mol. The van der Waals surface area contributed by atoms with E-state index in [4.69, 9.17) is 4.98 Å². The molecule has 7 heteroatoms. The highest BCUT2D eigenvalue weighted by atomic mass is 35.5. The number of amides is 1. The van der Waals surface area contributed by atoms with Gasteiger partial charge in [0.15, 0.2) is 5.13 Å². The van der Waals surface area contributed by atoms with E-state index in [1.807, 2.05) is 27.1 Å². The molecule has 150 valence electrons. The Morgan fingerprint density at radius 2 is 1.89 bits per heavy atom. The summed E-state index contributed by atoms with van der Waals surface area (Å²) in [6.07, 6.45) is 0.808. The number of carbonyl (C=O) groups is 1. The molecule has 0 aliphatic heterocycles. The molecular weight excluding hydrogens is 397 g/mol. The molecule has 1 amide bonds. The zero-order chi connectivity index (χ0) is 19.6. The molecule has 0 saturated carbocycles. The number of fused-ring (bicyclic) bond motifs is 1. The monoisotopic (exact) mass is 421 g/mol. The van der Waals surface area contributed by atoms with Gasteiger partial charge in [-0.05, 0) is 76.3 Å². The summed E-state index contributed by atoms with van der Waals surface area (Å²) in [5.74, 6) is -0.633. The third-order valence-corrected chi connectivity index (χ3v) is 5.65. The molecule has 4 nitrogen and oxygen atoms in total. The number of nitrogens with zero attached hydrogens (tertiary/aromatic N) is 3. The van der Waals surface area contributed by atoms with Crippen LogP contribution in [0.5, 0.6) is 0 Å². The Morgan fingerprint density at radius 1 is 1.14 bits per heavy atom. The van der Waals surface area contributed by atoms with Crippen molar-refractivity contribution in [3.05, 3.63) is 58.9 Å². The normalized spacial score (nSPS) is 10.9. The highest BCUT2D eigenvalue weighted by Crippen LogP contribution is 2.32. The van der Waals surface area contributed by atoms with Crippen molar-refractivity contribution >= 4 is 45.0 Å². The predicted molar refractivity (Wildman–Crippen MR) is 118 cm³/mol. The van der Waals surface area contributed by atoms with Crippen LogP contribution in [-0.2, 0) is 0 Å². The number of aryl methyl sites for hydroxylation is 2. The van der Waals surface area contributed by atoms with Crippen LogP contribution in [-0.4, -0.2) is 43.0 Å². The van der Waals surface area contributed by atoms with Crippen LogP contribution in [0.15, 0.2) is 36.4 Å². The fourth-order valence-electron chi connectivity index (χ4n) is 2.94. The summed E-state index contributed by atoms with van der Waals surface area (Å²) >= 11 is 1.50. The van der Waals surface area contributed by atoms with E-state index < -0.39 is 5.82 Å². The van der Waals surface area contributed by atoms with Crippen LogP contribution >= 0.6 is 23.7 Å². The first-order valence-electron chi connectivity index (χ1n) is 8.95. The summed E-state index contributed by atoms with van der Waals surface area (Å²) in [7, 11) is 4.01. The Morgan fingerprint density at radius 3 is 2.57 bits per heavy atom. The van der Waals surface area contributed by atoms with Gasteiger partial charge in [0.1, 0.15) is 5.82 Å². The number of thiazole rings is 1. The minimum atomic E-state index is -0.412. The molecule has 0 saturated heterocycles. The fourth-order valence-corrected chi connectivity index (χ4v) is 3.99. The Labute approximate surface area is 175 Å². The van der Waals surface area contributed by atoms with Crippen molar-refractivity contribution in [2.24, 2.45) is 0 Å². The van der Waals surface area contributed by atoms with Crippen molar-refractivity contribution in [3.8, 4) is 0 Å². The molecule has 3 rings (SSSR count). The van der Waals surface area contributed by atoms with Crippen LogP contribution in [0.2, 0.25) is 0 Å². The molecule has 0 spiro atoms. The van der Waals surface area contributed by atoms with E-state index in [-0.39, 0.29) is 18.3 Å². The minimum Gasteiger partial charge on any atom is -0.309 e. The molecule has 28 heavy (non-hydrogen) atoms. The molecule has 1 heterocycles. The van der Waals surface area contributed by atoms with Gasteiger partial charge in [-0.1, -0.05) is 23.5 Å². The first-order valence-corrected chi connectivity index (χ1v) is 9.77.